The molecule has 0 radical (unpaired) electrons. The molecule has 3 rings (SSSR count). The number of nitrogens with zero attached hydrogens (tertiary/aromatic N) is 4. The standard InChI is InChI=1S/C30H42N4O4S2/c1-5-8-9-10-11-12-16-34-28(36)25(40-30(34)39)19-23-21(4)24(20-31)27(35)33(15-6-2)26(23)32-17-13-22(14-18-32)29(37)38-7-3/h19,22H,5-18H2,1-4H3. The average Bonchev–Trinajstić information content (AvgIpc) is 3.21. The van der Waals surface area contributed by atoms with Gasteiger partial charge in [-0.1, -0.05) is 69.9 Å². The summed E-state index contributed by atoms with van der Waals surface area (Å²) in [7, 11) is 0. The van der Waals surface area contributed by atoms with Crippen LogP contribution in [0.2, 0.25) is 0 Å². The van der Waals surface area contributed by atoms with E-state index in [0.29, 0.717) is 78.2 Å². The molecule has 2 saturated heterocycles. The van der Waals surface area contributed by atoms with Gasteiger partial charge in [0.1, 0.15) is 21.8 Å². The third-order valence-corrected chi connectivity index (χ3v) is 8.97. The summed E-state index contributed by atoms with van der Waals surface area (Å²) >= 11 is 6.86. The zero-order valence-electron chi connectivity index (χ0n) is 24.3. The highest BCUT2D eigenvalue weighted by Crippen LogP contribution is 2.37. The van der Waals surface area contributed by atoms with E-state index in [1.807, 2.05) is 13.0 Å². The van der Waals surface area contributed by atoms with Crippen molar-refractivity contribution in [2.75, 3.05) is 31.1 Å². The molecule has 1 aromatic heterocycles. The van der Waals surface area contributed by atoms with Gasteiger partial charge in [-0.3, -0.25) is 23.9 Å². The number of nitriles is 1. The monoisotopic (exact) mass is 586 g/mol. The van der Waals surface area contributed by atoms with Crippen molar-refractivity contribution < 1.29 is 14.3 Å². The van der Waals surface area contributed by atoms with Crippen molar-refractivity contribution >= 4 is 52.1 Å². The molecular formula is C30H42N4O4S2. The van der Waals surface area contributed by atoms with Gasteiger partial charge in [0.2, 0.25) is 0 Å². The van der Waals surface area contributed by atoms with Crippen molar-refractivity contribution in [3.05, 3.63) is 31.9 Å². The fourth-order valence-electron chi connectivity index (χ4n) is 5.38. The van der Waals surface area contributed by atoms with Crippen LogP contribution in [-0.4, -0.2) is 51.9 Å². The molecule has 2 fully saturated rings. The van der Waals surface area contributed by atoms with E-state index in [0.717, 1.165) is 19.3 Å². The molecule has 0 atom stereocenters. The van der Waals surface area contributed by atoms with Gasteiger partial charge in [0.05, 0.1) is 17.4 Å². The van der Waals surface area contributed by atoms with E-state index in [-0.39, 0.29) is 28.9 Å². The molecule has 8 nitrogen and oxygen atoms in total. The van der Waals surface area contributed by atoms with Crippen molar-refractivity contribution in [3.8, 4) is 6.07 Å². The Bertz CT molecular complexity index is 1230. The molecule has 0 unspecified atom stereocenters. The van der Waals surface area contributed by atoms with Crippen LogP contribution >= 0.6 is 24.0 Å². The fraction of sp³-hybridized carbons (Fsp3) is 0.633. The van der Waals surface area contributed by atoms with Crippen molar-refractivity contribution in [1.82, 2.24) is 9.47 Å². The number of hydrogen-bond donors (Lipinski definition) is 0. The Labute approximate surface area is 247 Å². The van der Waals surface area contributed by atoms with Crippen molar-refractivity contribution in [3.63, 3.8) is 0 Å². The van der Waals surface area contributed by atoms with E-state index in [1.165, 1.54) is 31.0 Å². The fourth-order valence-corrected chi connectivity index (χ4v) is 6.67. The van der Waals surface area contributed by atoms with Crippen LogP contribution in [0, 0.1) is 24.2 Å². The van der Waals surface area contributed by atoms with Gasteiger partial charge < -0.3 is 9.64 Å². The third kappa shape index (κ3) is 7.35. The van der Waals surface area contributed by atoms with E-state index >= 15 is 0 Å². The molecule has 0 aliphatic carbocycles. The first-order valence-electron chi connectivity index (χ1n) is 14.6. The number of rotatable bonds is 13. The minimum absolute atomic E-state index is 0.0902. The third-order valence-electron chi connectivity index (χ3n) is 7.59. The van der Waals surface area contributed by atoms with Crippen LogP contribution in [0.3, 0.4) is 0 Å². The predicted octanol–water partition coefficient (Wildman–Crippen LogP) is 5.78. The first-order chi connectivity index (χ1) is 19.3. The first kappa shape index (κ1) is 31.9. The summed E-state index contributed by atoms with van der Waals surface area (Å²) in [6.07, 6.45) is 10.5. The molecule has 2 aliphatic rings. The zero-order chi connectivity index (χ0) is 29.2. The highest BCUT2D eigenvalue weighted by atomic mass is 32.2. The maximum Gasteiger partial charge on any atom is 0.309 e. The number of anilines is 1. The Morgan fingerprint density at radius 3 is 2.38 bits per heavy atom. The smallest absolute Gasteiger partial charge is 0.309 e. The predicted molar refractivity (Wildman–Crippen MR) is 165 cm³/mol. The number of amides is 1. The molecule has 218 valence electrons. The van der Waals surface area contributed by atoms with Crippen LogP contribution < -0.4 is 10.5 Å². The van der Waals surface area contributed by atoms with Crippen LogP contribution in [0.1, 0.15) is 95.2 Å². The molecule has 2 aliphatic heterocycles. The minimum atomic E-state index is -0.322. The number of thiocarbonyl (C=S) groups is 1. The lowest BCUT2D eigenvalue weighted by atomic mass is 9.95. The van der Waals surface area contributed by atoms with E-state index in [1.54, 1.807) is 23.3 Å². The van der Waals surface area contributed by atoms with Gasteiger partial charge in [-0.25, -0.2) is 0 Å². The maximum absolute atomic E-state index is 13.4. The number of hydrogen-bond acceptors (Lipinski definition) is 8. The topological polar surface area (TPSA) is 95.6 Å². The molecule has 40 heavy (non-hydrogen) atoms. The van der Waals surface area contributed by atoms with E-state index in [9.17, 15) is 19.6 Å². The summed E-state index contributed by atoms with van der Waals surface area (Å²) in [5.74, 6) is 0.218. The number of ether oxygens (including phenoxy) is 1. The Morgan fingerprint density at radius 2 is 1.75 bits per heavy atom. The molecule has 0 saturated carbocycles. The molecule has 0 aromatic carbocycles. The highest BCUT2D eigenvalue weighted by Gasteiger charge is 2.34. The summed E-state index contributed by atoms with van der Waals surface area (Å²) in [4.78, 5) is 43.5. The number of unbranched alkanes of at least 4 members (excludes halogenated alkanes) is 5. The molecule has 10 heteroatoms. The van der Waals surface area contributed by atoms with Crippen LogP contribution in [0.15, 0.2) is 9.70 Å². The highest BCUT2D eigenvalue weighted by molar-refractivity contribution is 8.26. The lowest BCUT2D eigenvalue weighted by Crippen LogP contribution is -2.41. The summed E-state index contributed by atoms with van der Waals surface area (Å²) in [5, 5.41) is 9.89. The van der Waals surface area contributed by atoms with E-state index < -0.39 is 0 Å². The molecule has 3 heterocycles. The quantitative estimate of drug-likeness (QED) is 0.124. The number of piperidine rings is 1. The van der Waals surface area contributed by atoms with Gasteiger partial charge in [0, 0.05) is 31.7 Å². The largest absolute Gasteiger partial charge is 0.466 e. The van der Waals surface area contributed by atoms with Crippen LogP contribution in [0.25, 0.3) is 6.08 Å². The Morgan fingerprint density at radius 1 is 1.07 bits per heavy atom. The normalized spacial score (nSPS) is 17.1. The number of carbonyl (C=O) groups excluding carboxylic acids is 2. The second kappa shape index (κ2) is 15.4. The van der Waals surface area contributed by atoms with Gasteiger partial charge in [0.25, 0.3) is 11.5 Å². The van der Waals surface area contributed by atoms with Crippen molar-refractivity contribution in [1.29, 1.82) is 5.26 Å². The second-order valence-electron chi connectivity index (χ2n) is 10.4. The lowest BCUT2D eigenvalue weighted by molar-refractivity contribution is -0.148. The van der Waals surface area contributed by atoms with Gasteiger partial charge >= 0.3 is 5.97 Å². The SMILES string of the molecule is CCCCCCCCN1C(=O)C(=Cc2c(C)c(C#N)c(=O)n(CCC)c2N2CCC(C(=O)OCC)CC2)SC1=S. The number of esters is 1. The van der Waals surface area contributed by atoms with Crippen LogP contribution in [0.4, 0.5) is 5.82 Å². The summed E-state index contributed by atoms with van der Waals surface area (Å²) in [6, 6.07) is 2.10. The van der Waals surface area contributed by atoms with E-state index in [2.05, 4.69) is 17.9 Å². The van der Waals surface area contributed by atoms with Crippen LogP contribution in [-0.2, 0) is 20.9 Å². The lowest BCUT2D eigenvalue weighted by Gasteiger charge is -2.35. The summed E-state index contributed by atoms with van der Waals surface area (Å²) < 4.78 is 7.44. The second-order valence-corrected chi connectivity index (χ2v) is 12.1. The summed E-state index contributed by atoms with van der Waals surface area (Å²) in [6.45, 7) is 10.3. The number of aromatic nitrogens is 1. The van der Waals surface area contributed by atoms with Gasteiger partial charge in [-0.05, 0) is 51.2 Å². The maximum atomic E-state index is 13.4. The first-order valence-corrected chi connectivity index (χ1v) is 15.9. The van der Waals surface area contributed by atoms with Gasteiger partial charge in [0.15, 0.2) is 0 Å². The average molecular weight is 587 g/mol. The number of pyridine rings is 1. The van der Waals surface area contributed by atoms with Gasteiger partial charge in [-0.15, -0.1) is 0 Å². The summed E-state index contributed by atoms with van der Waals surface area (Å²) in [5.41, 5.74) is 1.02. The molecular weight excluding hydrogens is 544 g/mol. The molecule has 0 N–H and O–H groups in total. The van der Waals surface area contributed by atoms with Gasteiger partial charge in [-0.2, -0.15) is 5.26 Å². The number of carbonyl (C=O) groups is 2. The number of thioether (sulfide) groups is 1. The minimum Gasteiger partial charge on any atom is -0.466 e. The van der Waals surface area contributed by atoms with Crippen molar-refractivity contribution in [2.24, 2.45) is 5.92 Å². The van der Waals surface area contributed by atoms with Crippen molar-refractivity contribution in [2.45, 2.75) is 92.0 Å². The molecule has 1 amide bonds. The van der Waals surface area contributed by atoms with E-state index in [4.69, 9.17) is 17.0 Å². The molecule has 0 bridgehead atoms. The Balaban J connectivity index is 1.95. The Kier molecular flexibility index (Phi) is 12.3. The molecule has 1 aromatic rings. The Hall–Kier alpha value is -2.64. The molecule has 0 spiro atoms. The van der Waals surface area contributed by atoms with Crippen LogP contribution in [0.5, 0.6) is 0 Å². The zero-order valence-corrected chi connectivity index (χ0v) is 25.9.